The number of methoxy groups -OCH3 is 1. The Bertz CT molecular complexity index is 1040. The molecule has 25 heavy (non-hydrogen) atoms. The lowest BCUT2D eigenvalue weighted by Crippen LogP contribution is -2.25. The number of aromatic carboxylic acids is 1. The van der Waals surface area contributed by atoms with Crippen molar-refractivity contribution in [2.45, 2.75) is 0 Å². The maximum Gasteiger partial charge on any atom is 0.351 e. The quantitative estimate of drug-likeness (QED) is 0.769. The molecular weight excluding hydrogens is 346 g/mol. The first-order valence-corrected chi connectivity index (χ1v) is 7.96. The summed E-state index contributed by atoms with van der Waals surface area (Å²) in [4.78, 5) is 36.8. The Kier molecular flexibility index (Phi) is 4.28. The highest BCUT2D eigenvalue weighted by Gasteiger charge is 2.21. The molecule has 2 aromatic heterocycles. The number of thiophene rings is 1. The van der Waals surface area contributed by atoms with Crippen LogP contribution in [0.5, 0.6) is 5.75 Å². The highest BCUT2D eigenvalue weighted by atomic mass is 32.1. The van der Waals surface area contributed by atoms with Gasteiger partial charge >= 0.3 is 11.6 Å². The minimum absolute atomic E-state index is 0.231. The van der Waals surface area contributed by atoms with Gasteiger partial charge in [-0.2, -0.15) is 0 Å². The van der Waals surface area contributed by atoms with E-state index >= 15 is 0 Å². The van der Waals surface area contributed by atoms with Gasteiger partial charge in [0.2, 0.25) is 0 Å². The molecule has 0 aliphatic rings. The van der Waals surface area contributed by atoms with Crippen LogP contribution in [0.25, 0.3) is 10.3 Å². The van der Waals surface area contributed by atoms with E-state index in [-0.39, 0.29) is 11.5 Å². The summed E-state index contributed by atoms with van der Waals surface area (Å²) in [6.45, 7) is 0. The molecule has 0 saturated carbocycles. The first-order chi connectivity index (χ1) is 11.9. The van der Waals surface area contributed by atoms with Crippen molar-refractivity contribution in [3.05, 3.63) is 57.9 Å². The topological polar surface area (TPSA) is 97.0 Å². The third kappa shape index (κ3) is 2.99. The van der Waals surface area contributed by atoms with E-state index in [2.05, 4.69) is 0 Å². The molecule has 0 spiro atoms. The summed E-state index contributed by atoms with van der Waals surface area (Å²) >= 11 is 1.15. The lowest BCUT2D eigenvalue weighted by Gasteiger charge is -2.16. The SMILES string of the molecule is COc1ccccc1C(=O)N(C)c1cc2oc(=O)c(C(=O)O)cc2s1. The number of carbonyl (C=O) groups is 2. The molecule has 1 N–H and O–H groups in total. The van der Waals surface area contributed by atoms with Gasteiger partial charge in [-0.25, -0.2) is 9.59 Å². The minimum atomic E-state index is -1.36. The van der Waals surface area contributed by atoms with Gasteiger partial charge in [0.1, 0.15) is 16.3 Å². The number of benzene rings is 1. The fraction of sp³-hybridized carbons (Fsp3) is 0.118. The lowest BCUT2D eigenvalue weighted by molar-refractivity contribution is 0.0692. The maximum absolute atomic E-state index is 12.7. The molecule has 0 bridgehead atoms. The molecule has 0 fully saturated rings. The summed E-state index contributed by atoms with van der Waals surface area (Å²) in [5, 5.41) is 9.51. The van der Waals surface area contributed by atoms with Crippen molar-refractivity contribution < 1.29 is 23.8 Å². The second-order valence-electron chi connectivity index (χ2n) is 5.13. The van der Waals surface area contributed by atoms with Gasteiger partial charge in [0.15, 0.2) is 5.58 Å². The first-order valence-electron chi connectivity index (χ1n) is 7.14. The highest BCUT2D eigenvalue weighted by molar-refractivity contribution is 7.22. The number of anilines is 1. The molecule has 0 radical (unpaired) electrons. The second kappa shape index (κ2) is 6.40. The minimum Gasteiger partial charge on any atom is -0.496 e. The monoisotopic (exact) mass is 359 g/mol. The third-order valence-electron chi connectivity index (χ3n) is 3.61. The average Bonchev–Trinajstić information content (AvgIpc) is 3.02. The number of amides is 1. The third-order valence-corrected chi connectivity index (χ3v) is 4.75. The molecule has 3 aromatic rings. The normalized spacial score (nSPS) is 10.6. The van der Waals surface area contributed by atoms with Crippen molar-refractivity contribution in [1.29, 1.82) is 0 Å². The van der Waals surface area contributed by atoms with Gasteiger partial charge in [-0.1, -0.05) is 12.1 Å². The predicted molar refractivity (Wildman–Crippen MR) is 93.0 cm³/mol. The smallest absolute Gasteiger partial charge is 0.351 e. The zero-order valence-electron chi connectivity index (χ0n) is 13.3. The Morgan fingerprint density at radius 3 is 2.60 bits per heavy atom. The van der Waals surface area contributed by atoms with Gasteiger partial charge in [0.05, 0.1) is 17.4 Å². The molecule has 7 nitrogen and oxygen atoms in total. The van der Waals surface area contributed by atoms with Crippen LogP contribution in [0.2, 0.25) is 0 Å². The summed E-state index contributed by atoms with van der Waals surface area (Å²) in [7, 11) is 3.06. The number of carboxylic acid groups (broad SMARTS) is 1. The molecule has 0 saturated heterocycles. The molecule has 2 heterocycles. The van der Waals surface area contributed by atoms with Crippen LogP contribution in [-0.4, -0.2) is 31.1 Å². The average molecular weight is 359 g/mol. The van der Waals surface area contributed by atoms with Crippen LogP contribution >= 0.6 is 11.3 Å². The van der Waals surface area contributed by atoms with Crippen molar-refractivity contribution in [3.8, 4) is 5.75 Å². The molecule has 8 heteroatoms. The Hall–Kier alpha value is -3.13. The first kappa shape index (κ1) is 16.7. The van der Waals surface area contributed by atoms with E-state index in [1.807, 2.05) is 0 Å². The van der Waals surface area contributed by atoms with Gasteiger partial charge in [-0.15, -0.1) is 11.3 Å². The highest BCUT2D eigenvalue weighted by Crippen LogP contribution is 2.33. The van der Waals surface area contributed by atoms with Crippen LogP contribution < -0.4 is 15.3 Å². The maximum atomic E-state index is 12.7. The Morgan fingerprint density at radius 1 is 1.20 bits per heavy atom. The number of para-hydroxylation sites is 1. The number of carboxylic acids is 1. The molecule has 3 rings (SSSR count). The van der Waals surface area contributed by atoms with Gasteiger partial charge in [0.25, 0.3) is 5.91 Å². The molecule has 1 aromatic carbocycles. The summed E-state index contributed by atoms with van der Waals surface area (Å²) in [6, 6.07) is 9.60. The number of hydrogen-bond acceptors (Lipinski definition) is 6. The number of fused-ring (bicyclic) bond motifs is 1. The molecule has 0 atom stereocenters. The molecule has 0 aliphatic carbocycles. The van der Waals surface area contributed by atoms with E-state index < -0.39 is 17.2 Å². The molecule has 128 valence electrons. The Morgan fingerprint density at radius 2 is 1.92 bits per heavy atom. The van der Waals surface area contributed by atoms with Crippen LogP contribution in [0.4, 0.5) is 5.00 Å². The fourth-order valence-corrected chi connectivity index (χ4v) is 3.31. The van der Waals surface area contributed by atoms with Crippen molar-refractivity contribution in [2.24, 2.45) is 0 Å². The van der Waals surface area contributed by atoms with E-state index in [1.54, 1.807) is 31.3 Å². The van der Waals surface area contributed by atoms with Crippen LogP contribution in [0.15, 0.2) is 45.6 Å². The molecule has 0 aliphatic heterocycles. The molecule has 1 amide bonds. The van der Waals surface area contributed by atoms with Gasteiger partial charge < -0.3 is 19.2 Å². The summed E-state index contributed by atoms with van der Waals surface area (Å²) in [5.41, 5.74) is -0.755. The molecule has 0 unspecified atom stereocenters. The lowest BCUT2D eigenvalue weighted by atomic mass is 10.2. The fourth-order valence-electron chi connectivity index (χ4n) is 2.32. The number of rotatable bonds is 4. The van der Waals surface area contributed by atoms with Gasteiger partial charge in [-0.05, 0) is 18.2 Å². The number of carbonyl (C=O) groups excluding carboxylic acids is 1. The number of nitrogens with zero attached hydrogens (tertiary/aromatic N) is 1. The van der Waals surface area contributed by atoms with Crippen molar-refractivity contribution >= 4 is 38.5 Å². The zero-order valence-corrected chi connectivity index (χ0v) is 14.1. The largest absolute Gasteiger partial charge is 0.496 e. The van der Waals surface area contributed by atoms with E-state index in [4.69, 9.17) is 14.3 Å². The van der Waals surface area contributed by atoms with Crippen LogP contribution in [0, 0.1) is 0 Å². The van der Waals surface area contributed by atoms with Crippen LogP contribution in [0.1, 0.15) is 20.7 Å². The summed E-state index contributed by atoms with van der Waals surface area (Å²) in [5.74, 6) is -1.21. The van der Waals surface area contributed by atoms with E-state index in [0.717, 1.165) is 11.3 Å². The molecular formula is C17H13NO6S. The summed E-state index contributed by atoms with van der Waals surface area (Å²) in [6.07, 6.45) is 0. The van der Waals surface area contributed by atoms with Crippen molar-refractivity contribution in [3.63, 3.8) is 0 Å². The zero-order chi connectivity index (χ0) is 18.1. The Labute approximate surface area is 145 Å². The predicted octanol–water partition coefficient (Wildman–Crippen LogP) is 2.84. The standard InChI is InChI=1S/C17H13NO6S/c1-18(15(19)9-5-3-4-6-11(9)23-2)14-8-12-13(25-14)7-10(16(20)21)17(22)24-12/h3-8H,1-2H3,(H,20,21). The van der Waals surface area contributed by atoms with E-state index in [1.165, 1.54) is 24.1 Å². The number of ether oxygens (including phenoxy) is 1. The van der Waals surface area contributed by atoms with Gasteiger partial charge in [0, 0.05) is 13.1 Å². The van der Waals surface area contributed by atoms with E-state index in [9.17, 15) is 14.4 Å². The second-order valence-corrected chi connectivity index (χ2v) is 6.19. The van der Waals surface area contributed by atoms with Crippen molar-refractivity contribution in [2.75, 3.05) is 19.1 Å². The summed E-state index contributed by atoms with van der Waals surface area (Å²) < 4.78 is 10.7. The number of hydrogen-bond donors (Lipinski definition) is 1. The van der Waals surface area contributed by atoms with Gasteiger partial charge in [-0.3, -0.25) is 4.79 Å². The van der Waals surface area contributed by atoms with Crippen molar-refractivity contribution in [1.82, 2.24) is 0 Å². The van der Waals surface area contributed by atoms with Crippen LogP contribution in [-0.2, 0) is 0 Å². The van der Waals surface area contributed by atoms with Crippen LogP contribution in [0.3, 0.4) is 0 Å². The van der Waals surface area contributed by atoms with E-state index in [0.29, 0.717) is 21.0 Å². The Balaban J connectivity index is 2.02.